The second-order valence-electron chi connectivity index (χ2n) is 20.2. The Morgan fingerprint density at radius 3 is 0.625 bits per heavy atom. The second kappa shape index (κ2) is 35.8. The quantitative estimate of drug-likeness (QED) is 0.0439. The van der Waals surface area contributed by atoms with Gasteiger partial charge in [-0.25, -0.2) is 0 Å². The second-order valence-corrected chi connectivity index (χ2v) is 20.2. The standard InChI is InChI=1S/C60H104O4/c1-7-13-19-25-31-37-43-49-50(44-38-32-26-20-14-8-2)52(46-40-34-28-22-16-10-4)58-57(51(49)45-39-33-27-21-15-9-3)63-59-53(47-41-35-29-23-17-11-5)55(61)56(62)54(60(59)64-58)48-42-36-30-24-18-12-6/h61-62H,7-48H2,1-6H3. The van der Waals surface area contributed by atoms with E-state index in [1.54, 1.807) is 11.1 Å². The minimum absolute atomic E-state index is 0.0251. The third kappa shape index (κ3) is 19.9. The van der Waals surface area contributed by atoms with Crippen molar-refractivity contribution in [3.05, 3.63) is 33.4 Å². The van der Waals surface area contributed by atoms with Gasteiger partial charge in [0, 0.05) is 22.3 Å². The van der Waals surface area contributed by atoms with Gasteiger partial charge < -0.3 is 19.7 Å². The summed E-state index contributed by atoms with van der Waals surface area (Å²) >= 11 is 0. The summed E-state index contributed by atoms with van der Waals surface area (Å²) in [6.07, 6.45) is 50.5. The lowest BCUT2D eigenvalue weighted by Gasteiger charge is -2.32. The summed E-state index contributed by atoms with van der Waals surface area (Å²) in [7, 11) is 0. The highest BCUT2D eigenvalue weighted by Gasteiger charge is 2.35. The summed E-state index contributed by atoms with van der Waals surface area (Å²) in [6, 6.07) is 0. The van der Waals surface area contributed by atoms with Crippen molar-refractivity contribution in [3.8, 4) is 34.5 Å². The van der Waals surface area contributed by atoms with Gasteiger partial charge in [0.25, 0.3) is 0 Å². The molecule has 0 fully saturated rings. The molecule has 1 aliphatic heterocycles. The van der Waals surface area contributed by atoms with Gasteiger partial charge in [-0.05, 0) is 88.2 Å². The lowest BCUT2D eigenvalue weighted by Crippen LogP contribution is -2.15. The smallest absolute Gasteiger partial charge is 0.177 e. The Morgan fingerprint density at radius 1 is 0.219 bits per heavy atom. The van der Waals surface area contributed by atoms with Gasteiger partial charge in [-0.1, -0.05) is 234 Å². The fourth-order valence-corrected chi connectivity index (χ4v) is 10.4. The van der Waals surface area contributed by atoms with E-state index in [4.69, 9.17) is 9.47 Å². The first-order chi connectivity index (χ1) is 31.5. The topological polar surface area (TPSA) is 58.9 Å². The fraction of sp³-hybridized carbons (Fsp3) is 0.800. The monoisotopic (exact) mass is 889 g/mol. The van der Waals surface area contributed by atoms with Gasteiger partial charge in [0.1, 0.15) is 0 Å². The Bertz CT molecular complexity index is 1380. The Hall–Kier alpha value is -2.36. The number of unbranched alkanes of at least 4 members (excludes halogenated alkanes) is 30. The van der Waals surface area contributed by atoms with Crippen molar-refractivity contribution in [2.45, 2.75) is 311 Å². The predicted octanol–water partition coefficient (Wildman–Crippen LogP) is 20.4. The van der Waals surface area contributed by atoms with Gasteiger partial charge in [-0.15, -0.1) is 0 Å². The van der Waals surface area contributed by atoms with Crippen molar-refractivity contribution in [1.82, 2.24) is 0 Å². The van der Waals surface area contributed by atoms with Crippen molar-refractivity contribution in [2.24, 2.45) is 0 Å². The van der Waals surface area contributed by atoms with E-state index in [2.05, 4.69) is 41.5 Å². The molecule has 0 spiro atoms. The summed E-state index contributed by atoms with van der Waals surface area (Å²) < 4.78 is 15.0. The number of phenolic OH excluding ortho intramolecular Hbond substituents is 2. The van der Waals surface area contributed by atoms with Crippen LogP contribution in [0.4, 0.5) is 0 Å². The summed E-state index contributed by atoms with van der Waals surface area (Å²) in [5, 5.41) is 23.9. The average molecular weight is 889 g/mol. The van der Waals surface area contributed by atoms with Gasteiger partial charge in [0.05, 0.1) is 0 Å². The molecule has 0 radical (unpaired) electrons. The van der Waals surface area contributed by atoms with Crippen LogP contribution >= 0.6 is 0 Å². The summed E-state index contributed by atoms with van der Waals surface area (Å²) in [5.41, 5.74) is 7.45. The molecule has 4 nitrogen and oxygen atoms in total. The van der Waals surface area contributed by atoms with E-state index in [1.165, 1.54) is 204 Å². The molecule has 0 unspecified atom stereocenters. The van der Waals surface area contributed by atoms with Crippen LogP contribution in [-0.4, -0.2) is 10.2 Å². The third-order valence-corrected chi connectivity index (χ3v) is 14.5. The van der Waals surface area contributed by atoms with E-state index in [0.29, 0.717) is 24.3 Å². The molecule has 0 bridgehead atoms. The van der Waals surface area contributed by atoms with Gasteiger partial charge in [-0.2, -0.15) is 0 Å². The van der Waals surface area contributed by atoms with Crippen molar-refractivity contribution in [3.63, 3.8) is 0 Å². The SMILES string of the molecule is CCCCCCCCc1c(CCCCCCCC)c(CCCCCCCC)c2c(c1CCCCCCCC)Oc1c(CCCCCCCC)c(O)c(O)c(CCCCCCCC)c1O2. The van der Waals surface area contributed by atoms with Crippen LogP contribution in [0.1, 0.15) is 306 Å². The highest BCUT2D eigenvalue weighted by molar-refractivity contribution is 5.72. The zero-order valence-corrected chi connectivity index (χ0v) is 43.4. The Balaban J connectivity index is 2.24. The first kappa shape index (κ1) is 56.0. The molecule has 0 amide bonds. The van der Waals surface area contributed by atoms with E-state index in [-0.39, 0.29) is 11.5 Å². The zero-order valence-electron chi connectivity index (χ0n) is 43.4. The van der Waals surface area contributed by atoms with Crippen molar-refractivity contribution < 1.29 is 19.7 Å². The molecule has 3 rings (SSSR count). The van der Waals surface area contributed by atoms with Gasteiger partial charge >= 0.3 is 0 Å². The van der Waals surface area contributed by atoms with E-state index in [9.17, 15) is 10.2 Å². The van der Waals surface area contributed by atoms with E-state index in [1.807, 2.05) is 0 Å². The lowest BCUT2D eigenvalue weighted by atomic mass is 9.83. The third-order valence-electron chi connectivity index (χ3n) is 14.5. The first-order valence-electron chi connectivity index (χ1n) is 28.6. The Morgan fingerprint density at radius 2 is 0.391 bits per heavy atom. The fourth-order valence-electron chi connectivity index (χ4n) is 10.4. The maximum Gasteiger partial charge on any atom is 0.177 e. The average Bonchev–Trinajstić information content (AvgIpc) is 3.30. The molecular weight excluding hydrogens is 785 g/mol. The van der Waals surface area contributed by atoms with Gasteiger partial charge in [0.15, 0.2) is 34.5 Å². The predicted molar refractivity (Wildman–Crippen MR) is 279 cm³/mol. The number of phenols is 2. The van der Waals surface area contributed by atoms with Crippen LogP contribution in [0.15, 0.2) is 0 Å². The van der Waals surface area contributed by atoms with Crippen LogP contribution < -0.4 is 9.47 Å². The van der Waals surface area contributed by atoms with Gasteiger partial charge in [0.2, 0.25) is 0 Å². The molecule has 0 aromatic heterocycles. The first-order valence-corrected chi connectivity index (χ1v) is 28.6. The number of rotatable bonds is 42. The number of hydrogen-bond acceptors (Lipinski definition) is 4. The number of ether oxygens (including phenoxy) is 2. The van der Waals surface area contributed by atoms with Crippen LogP contribution in [0, 0.1) is 0 Å². The molecule has 2 N–H and O–H groups in total. The molecule has 1 heterocycles. The Labute approximate surface area is 397 Å². The highest BCUT2D eigenvalue weighted by Crippen LogP contribution is 2.58. The number of aromatic hydroxyl groups is 2. The summed E-state index contributed by atoms with van der Waals surface area (Å²) in [4.78, 5) is 0. The van der Waals surface area contributed by atoms with E-state index in [0.717, 1.165) is 86.8 Å². The number of fused-ring (bicyclic) bond motifs is 2. The molecule has 0 saturated heterocycles. The largest absolute Gasteiger partial charge is 0.504 e. The normalized spacial score (nSPS) is 12.1. The molecule has 0 atom stereocenters. The van der Waals surface area contributed by atoms with Crippen LogP contribution in [0.5, 0.6) is 34.5 Å². The summed E-state index contributed by atoms with van der Waals surface area (Å²) in [6.45, 7) is 13.8. The lowest BCUT2D eigenvalue weighted by molar-refractivity contribution is 0.327. The molecule has 2 aromatic rings. The molecule has 4 heteroatoms. The maximum absolute atomic E-state index is 12.0. The molecule has 64 heavy (non-hydrogen) atoms. The highest BCUT2D eigenvalue weighted by atomic mass is 16.6. The molecular formula is C60H104O4. The number of hydrogen-bond donors (Lipinski definition) is 2. The minimum atomic E-state index is 0.0251. The van der Waals surface area contributed by atoms with E-state index >= 15 is 0 Å². The van der Waals surface area contributed by atoms with Crippen LogP contribution in [0.25, 0.3) is 0 Å². The van der Waals surface area contributed by atoms with Gasteiger partial charge in [-0.3, -0.25) is 0 Å². The van der Waals surface area contributed by atoms with Crippen molar-refractivity contribution in [2.75, 3.05) is 0 Å². The Kier molecular flexibility index (Phi) is 31.3. The molecule has 0 saturated carbocycles. The van der Waals surface area contributed by atoms with Crippen molar-refractivity contribution in [1.29, 1.82) is 0 Å². The van der Waals surface area contributed by atoms with Crippen LogP contribution in [0.3, 0.4) is 0 Å². The number of benzene rings is 2. The molecule has 368 valence electrons. The summed E-state index contributed by atoms with van der Waals surface area (Å²) in [5.74, 6) is 3.35. The molecule has 0 aliphatic carbocycles. The van der Waals surface area contributed by atoms with Crippen LogP contribution in [-0.2, 0) is 38.5 Å². The van der Waals surface area contributed by atoms with E-state index < -0.39 is 0 Å². The maximum atomic E-state index is 12.0. The van der Waals surface area contributed by atoms with Crippen LogP contribution in [0.2, 0.25) is 0 Å². The minimum Gasteiger partial charge on any atom is -0.504 e. The van der Waals surface area contributed by atoms with Crippen molar-refractivity contribution >= 4 is 0 Å². The molecule has 2 aromatic carbocycles. The zero-order chi connectivity index (χ0) is 46.0. The molecule has 1 aliphatic rings.